The van der Waals surface area contributed by atoms with Gasteiger partial charge in [0.15, 0.2) is 0 Å². The zero-order chi connectivity index (χ0) is 17.6. The maximum atomic E-state index is 10.9. The summed E-state index contributed by atoms with van der Waals surface area (Å²) in [5.41, 5.74) is 0. The number of hydrogen-bond acceptors (Lipinski definition) is 3. The fourth-order valence-electron chi connectivity index (χ4n) is 2.89. The zero-order valence-corrected chi connectivity index (χ0v) is 15.3. The first-order chi connectivity index (χ1) is 10.8. The van der Waals surface area contributed by atoms with Crippen molar-refractivity contribution in [3.05, 3.63) is 0 Å². The van der Waals surface area contributed by atoms with Crippen LogP contribution in [0, 0.1) is 5.92 Å². The molecule has 0 heterocycles. The van der Waals surface area contributed by atoms with Gasteiger partial charge in [-0.05, 0) is 12.3 Å². The van der Waals surface area contributed by atoms with E-state index in [4.69, 9.17) is 9.66 Å². The highest BCUT2D eigenvalue weighted by Gasteiger charge is 2.19. The van der Waals surface area contributed by atoms with Gasteiger partial charge in [-0.2, -0.15) is 8.42 Å². The van der Waals surface area contributed by atoms with Crippen LogP contribution in [0.2, 0.25) is 0 Å². The minimum absolute atomic E-state index is 0.197. The summed E-state index contributed by atoms with van der Waals surface area (Å²) in [6.07, 6.45) is 13.6. The molecule has 1 unspecified atom stereocenters. The highest BCUT2D eigenvalue weighted by molar-refractivity contribution is 7.85. The molecule has 138 valence electrons. The minimum atomic E-state index is -4.10. The molecule has 0 amide bonds. The predicted octanol–water partition coefficient (Wildman–Crippen LogP) is 4.67. The summed E-state index contributed by atoms with van der Waals surface area (Å²) in [5.74, 6) is -1.94. The molecule has 0 saturated heterocycles. The van der Waals surface area contributed by atoms with Crippen LogP contribution in [0.4, 0.5) is 0 Å². The van der Waals surface area contributed by atoms with Gasteiger partial charge in [0.2, 0.25) is 0 Å². The van der Waals surface area contributed by atoms with E-state index in [9.17, 15) is 13.2 Å². The molecule has 0 rings (SSSR count). The monoisotopic (exact) mass is 350 g/mol. The van der Waals surface area contributed by atoms with E-state index in [1.165, 1.54) is 51.4 Å². The molecule has 23 heavy (non-hydrogen) atoms. The van der Waals surface area contributed by atoms with Crippen molar-refractivity contribution in [2.24, 2.45) is 5.92 Å². The molecular formula is C17H34O5S. The summed E-state index contributed by atoms with van der Waals surface area (Å²) < 4.78 is 30.6. The molecule has 0 spiro atoms. The molecule has 0 aliphatic rings. The Morgan fingerprint density at radius 3 is 1.70 bits per heavy atom. The van der Waals surface area contributed by atoms with E-state index in [-0.39, 0.29) is 6.42 Å². The lowest BCUT2D eigenvalue weighted by Gasteiger charge is -2.12. The first-order valence-electron chi connectivity index (χ1n) is 9.02. The molecule has 5 nitrogen and oxygen atoms in total. The van der Waals surface area contributed by atoms with Crippen molar-refractivity contribution in [2.75, 3.05) is 5.75 Å². The number of carboxylic acids is 1. The lowest BCUT2D eigenvalue weighted by molar-refractivity contribution is -0.137. The molecule has 2 N–H and O–H groups in total. The molecule has 0 fully saturated rings. The van der Waals surface area contributed by atoms with Crippen LogP contribution in [0.3, 0.4) is 0 Å². The number of carboxylic acid groups (broad SMARTS) is 1. The molecule has 0 radical (unpaired) electrons. The van der Waals surface area contributed by atoms with Crippen molar-refractivity contribution in [3.63, 3.8) is 0 Å². The molecule has 0 aromatic rings. The molecule has 0 bridgehead atoms. The quantitative estimate of drug-likeness (QED) is 0.312. The molecule has 1 atom stereocenters. The van der Waals surface area contributed by atoms with Gasteiger partial charge < -0.3 is 5.11 Å². The van der Waals surface area contributed by atoms with Gasteiger partial charge in [0.1, 0.15) is 0 Å². The van der Waals surface area contributed by atoms with E-state index in [1.54, 1.807) is 0 Å². The zero-order valence-electron chi connectivity index (χ0n) is 14.5. The number of hydrogen-bond donors (Lipinski definition) is 2. The first-order valence-corrected chi connectivity index (χ1v) is 10.6. The Morgan fingerprint density at radius 1 is 0.870 bits per heavy atom. The molecule has 0 aromatic carbocycles. The third-order valence-corrected chi connectivity index (χ3v) is 5.02. The average Bonchev–Trinajstić information content (AvgIpc) is 2.42. The summed E-state index contributed by atoms with van der Waals surface area (Å²) in [6, 6.07) is 0. The van der Waals surface area contributed by atoms with Crippen LogP contribution in [-0.2, 0) is 14.9 Å². The fraction of sp³-hybridized carbons (Fsp3) is 0.941. The van der Waals surface area contributed by atoms with Gasteiger partial charge in [-0.25, -0.2) is 0 Å². The third kappa shape index (κ3) is 17.6. The highest BCUT2D eigenvalue weighted by atomic mass is 32.2. The van der Waals surface area contributed by atoms with Crippen LogP contribution in [0.15, 0.2) is 0 Å². The fourth-order valence-corrected chi connectivity index (χ4v) is 3.77. The highest BCUT2D eigenvalue weighted by Crippen LogP contribution is 2.18. The Hall–Kier alpha value is -0.620. The van der Waals surface area contributed by atoms with Gasteiger partial charge in [-0.15, -0.1) is 0 Å². The topological polar surface area (TPSA) is 91.7 Å². The summed E-state index contributed by atoms with van der Waals surface area (Å²) in [7, 11) is -4.10. The number of unbranched alkanes of at least 4 members (excludes halogenated alkanes) is 10. The summed E-state index contributed by atoms with van der Waals surface area (Å²) in [6.45, 7) is 2.22. The van der Waals surface area contributed by atoms with Crippen LogP contribution in [0.5, 0.6) is 0 Å². The van der Waals surface area contributed by atoms with E-state index in [0.717, 1.165) is 19.3 Å². The van der Waals surface area contributed by atoms with Crippen molar-refractivity contribution < 1.29 is 22.9 Å². The van der Waals surface area contributed by atoms with E-state index >= 15 is 0 Å². The average molecular weight is 351 g/mol. The Morgan fingerprint density at radius 2 is 1.30 bits per heavy atom. The van der Waals surface area contributed by atoms with Crippen molar-refractivity contribution >= 4 is 16.1 Å². The van der Waals surface area contributed by atoms with Crippen molar-refractivity contribution in [2.45, 2.75) is 90.4 Å². The van der Waals surface area contributed by atoms with E-state index in [2.05, 4.69) is 6.92 Å². The molecule has 0 saturated carbocycles. The van der Waals surface area contributed by atoms with Crippen LogP contribution in [0.25, 0.3) is 0 Å². The number of carbonyl (C=O) groups is 1. The Kier molecular flexibility index (Phi) is 13.4. The molecule has 0 aliphatic carbocycles. The van der Waals surface area contributed by atoms with E-state index < -0.39 is 27.8 Å². The molecule has 6 heteroatoms. The SMILES string of the molecule is CCCCCCCCCCCCCC(CC(=O)O)CS(=O)(=O)O. The van der Waals surface area contributed by atoms with Crippen LogP contribution < -0.4 is 0 Å². The lowest BCUT2D eigenvalue weighted by atomic mass is 9.98. The lowest BCUT2D eigenvalue weighted by Crippen LogP contribution is -2.18. The van der Waals surface area contributed by atoms with Gasteiger partial charge in [-0.1, -0.05) is 77.6 Å². The van der Waals surface area contributed by atoms with Crippen LogP contribution >= 0.6 is 0 Å². The Balaban J connectivity index is 3.60. The standard InChI is InChI=1S/C17H34O5S/c1-2-3-4-5-6-7-8-9-10-11-12-13-16(14-17(18)19)15-23(20,21)22/h16H,2-15H2,1H3,(H,18,19)(H,20,21,22). The van der Waals surface area contributed by atoms with Crippen LogP contribution in [-0.4, -0.2) is 29.8 Å². The number of rotatable bonds is 16. The molecule has 0 aromatic heterocycles. The normalized spacial score (nSPS) is 13.1. The summed E-state index contributed by atoms with van der Waals surface area (Å²) in [4.78, 5) is 10.7. The van der Waals surface area contributed by atoms with Gasteiger partial charge in [0, 0.05) is 6.42 Å². The largest absolute Gasteiger partial charge is 0.481 e. The van der Waals surface area contributed by atoms with E-state index in [1.807, 2.05) is 0 Å². The van der Waals surface area contributed by atoms with Crippen molar-refractivity contribution in [1.82, 2.24) is 0 Å². The number of aliphatic carboxylic acids is 1. The Labute approximate surface area is 141 Å². The predicted molar refractivity (Wildman–Crippen MR) is 93.2 cm³/mol. The van der Waals surface area contributed by atoms with E-state index in [0.29, 0.717) is 6.42 Å². The van der Waals surface area contributed by atoms with Gasteiger partial charge >= 0.3 is 5.97 Å². The van der Waals surface area contributed by atoms with Crippen molar-refractivity contribution in [3.8, 4) is 0 Å². The second-order valence-electron chi connectivity index (χ2n) is 6.54. The first kappa shape index (κ1) is 22.4. The maximum Gasteiger partial charge on any atom is 0.303 e. The summed E-state index contributed by atoms with van der Waals surface area (Å²) >= 11 is 0. The van der Waals surface area contributed by atoms with Crippen LogP contribution in [0.1, 0.15) is 90.4 Å². The second-order valence-corrected chi connectivity index (χ2v) is 8.03. The molecule has 0 aliphatic heterocycles. The van der Waals surface area contributed by atoms with Gasteiger partial charge in [0.05, 0.1) is 5.75 Å². The third-order valence-electron chi connectivity index (χ3n) is 4.13. The minimum Gasteiger partial charge on any atom is -0.481 e. The van der Waals surface area contributed by atoms with Crippen molar-refractivity contribution in [1.29, 1.82) is 0 Å². The van der Waals surface area contributed by atoms with Gasteiger partial charge in [-0.3, -0.25) is 9.35 Å². The summed E-state index contributed by atoms with van der Waals surface area (Å²) in [5, 5.41) is 8.78. The second kappa shape index (κ2) is 13.8. The van der Waals surface area contributed by atoms with Gasteiger partial charge in [0.25, 0.3) is 10.1 Å². The maximum absolute atomic E-state index is 10.9. The smallest absolute Gasteiger partial charge is 0.303 e. The molecular weight excluding hydrogens is 316 g/mol. The Bertz CT molecular complexity index is 392.